The lowest BCUT2D eigenvalue weighted by Gasteiger charge is -2.08. The van der Waals surface area contributed by atoms with Crippen molar-refractivity contribution >= 4 is 5.69 Å². The molecule has 3 nitrogen and oxygen atoms in total. The van der Waals surface area contributed by atoms with Crippen molar-refractivity contribution < 1.29 is 9.13 Å². The standard InChI is InChI=1S/C12H13FN2O/c1-16-10-4-5-11(13)12(7-10)15-8-9-3-2-6-14-9/h2-7,14-15H,8H2,1H3. The molecule has 0 amide bonds. The fraction of sp³-hybridized carbons (Fsp3) is 0.167. The van der Waals surface area contributed by atoms with Crippen LogP contribution >= 0.6 is 0 Å². The van der Waals surface area contributed by atoms with Gasteiger partial charge in [-0.3, -0.25) is 0 Å². The van der Waals surface area contributed by atoms with Gasteiger partial charge >= 0.3 is 0 Å². The highest BCUT2D eigenvalue weighted by Gasteiger charge is 2.03. The first-order valence-corrected chi connectivity index (χ1v) is 4.99. The number of nitrogens with one attached hydrogen (secondary N) is 2. The summed E-state index contributed by atoms with van der Waals surface area (Å²) in [5.74, 6) is 0.350. The van der Waals surface area contributed by atoms with E-state index < -0.39 is 0 Å². The lowest BCUT2D eigenvalue weighted by atomic mass is 10.2. The molecule has 0 unspecified atom stereocenters. The number of aromatic amines is 1. The van der Waals surface area contributed by atoms with Gasteiger partial charge in [-0.25, -0.2) is 4.39 Å². The molecule has 2 N–H and O–H groups in total. The second-order valence-corrected chi connectivity index (χ2v) is 3.39. The maximum absolute atomic E-state index is 13.4. The zero-order valence-electron chi connectivity index (χ0n) is 8.96. The van der Waals surface area contributed by atoms with E-state index in [4.69, 9.17) is 4.74 Å². The third-order valence-corrected chi connectivity index (χ3v) is 2.31. The summed E-state index contributed by atoms with van der Waals surface area (Å²) in [5, 5.41) is 3.00. The molecule has 0 aliphatic carbocycles. The first-order chi connectivity index (χ1) is 7.79. The van der Waals surface area contributed by atoms with Gasteiger partial charge in [-0.15, -0.1) is 0 Å². The molecular formula is C12H13FN2O. The quantitative estimate of drug-likeness (QED) is 0.831. The summed E-state index contributed by atoms with van der Waals surface area (Å²) < 4.78 is 18.4. The Bertz CT molecular complexity index is 454. The molecule has 1 aromatic carbocycles. The minimum Gasteiger partial charge on any atom is -0.497 e. The number of anilines is 1. The maximum atomic E-state index is 13.4. The second kappa shape index (κ2) is 4.70. The van der Waals surface area contributed by atoms with Crippen LogP contribution < -0.4 is 10.1 Å². The number of H-pyrrole nitrogens is 1. The minimum atomic E-state index is -0.285. The van der Waals surface area contributed by atoms with Crippen LogP contribution in [0.3, 0.4) is 0 Å². The summed E-state index contributed by atoms with van der Waals surface area (Å²) in [7, 11) is 1.56. The van der Waals surface area contributed by atoms with E-state index in [1.54, 1.807) is 19.2 Å². The van der Waals surface area contributed by atoms with Gasteiger partial charge in [-0.2, -0.15) is 0 Å². The van der Waals surface area contributed by atoms with Gasteiger partial charge in [0.05, 0.1) is 19.3 Å². The predicted octanol–water partition coefficient (Wildman–Crippen LogP) is 2.77. The van der Waals surface area contributed by atoms with E-state index in [2.05, 4.69) is 10.3 Å². The third-order valence-electron chi connectivity index (χ3n) is 2.31. The average molecular weight is 220 g/mol. The van der Waals surface area contributed by atoms with Gasteiger partial charge < -0.3 is 15.0 Å². The highest BCUT2D eigenvalue weighted by Crippen LogP contribution is 2.21. The molecule has 84 valence electrons. The molecule has 0 aliphatic heterocycles. The van der Waals surface area contributed by atoms with Crippen LogP contribution in [0, 0.1) is 5.82 Å². The number of methoxy groups -OCH3 is 1. The van der Waals surface area contributed by atoms with Gasteiger partial charge in [-0.05, 0) is 24.3 Å². The molecule has 0 fully saturated rings. The highest BCUT2D eigenvalue weighted by molar-refractivity contribution is 5.49. The van der Waals surface area contributed by atoms with Crippen LogP contribution in [0.5, 0.6) is 5.75 Å². The molecule has 1 heterocycles. The fourth-order valence-corrected chi connectivity index (χ4v) is 1.43. The second-order valence-electron chi connectivity index (χ2n) is 3.39. The van der Waals surface area contributed by atoms with E-state index in [-0.39, 0.29) is 5.82 Å². The number of halogens is 1. The van der Waals surface area contributed by atoms with Gasteiger partial charge in [0.25, 0.3) is 0 Å². The van der Waals surface area contributed by atoms with Crippen LogP contribution in [0.2, 0.25) is 0 Å². The molecule has 0 saturated heterocycles. The molecule has 0 aliphatic rings. The van der Waals surface area contributed by atoms with Gasteiger partial charge in [-0.1, -0.05) is 0 Å². The Morgan fingerprint density at radius 3 is 2.94 bits per heavy atom. The van der Waals surface area contributed by atoms with E-state index in [1.165, 1.54) is 6.07 Å². The maximum Gasteiger partial charge on any atom is 0.146 e. The minimum absolute atomic E-state index is 0.285. The molecule has 0 saturated carbocycles. The smallest absolute Gasteiger partial charge is 0.146 e. The van der Waals surface area contributed by atoms with Crippen LogP contribution in [0.25, 0.3) is 0 Å². The van der Waals surface area contributed by atoms with Crippen molar-refractivity contribution in [1.82, 2.24) is 4.98 Å². The van der Waals surface area contributed by atoms with E-state index in [1.807, 2.05) is 18.3 Å². The van der Waals surface area contributed by atoms with E-state index >= 15 is 0 Å². The predicted molar refractivity (Wildman–Crippen MR) is 61.1 cm³/mol. The summed E-state index contributed by atoms with van der Waals surface area (Å²) in [4.78, 5) is 3.04. The lowest BCUT2D eigenvalue weighted by Crippen LogP contribution is -2.01. The van der Waals surface area contributed by atoms with Crippen LogP contribution in [0.1, 0.15) is 5.69 Å². The van der Waals surface area contributed by atoms with Crippen molar-refractivity contribution in [2.75, 3.05) is 12.4 Å². The summed E-state index contributed by atoms with van der Waals surface area (Å²) in [5.41, 5.74) is 1.44. The van der Waals surface area contributed by atoms with Crippen molar-refractivity contribution in [1.29, 1.82) is 0 Å². The number of ether oxygens (including phenoxy) is 1. The lowest BCUT2D eigenvalue weighted by molar-refractivity contribution is 0.414. The van der Waals surface area contributed by atoms with Crippen LogP contribution in [0.15, 0.2) is 36.5 Å². The molecule has 1 aromatic heterocycles. The summed E-state index contributed by atoms with van der Waals surface area (Å²) in [6.07, 6.45) is 1.83. The topological polar surface area (TPSA) is 37.0 Å². The number of rotatable bonds is 4. The van der Waals surface area contributed by atoms with Crippen LogP contribution in [-0.2, 0) is 6.54 Å². The highest BCUT2D eigenvalue weighted by atomic mass is 19.1. The largest absolute Gasteiger partial charge is 0.497 e. The van der Waals surface area contributed by atoms with Gasteiger partial charge in [0.1, 0.15) is 11.6 Å². The molecule has 0 bridgehead atoms. The van der Waals surface area contributed by atoms with Gasteiger partial charge in [0.2, 0.25) is 0 Å². The Balaban J connectivity index is 2.08. The summed E-state index contributed by atoms with van der Waals surface area (Å²) in [6, 6.07) is 8.45. The normalized spacial score (nSPS) is 10.1. The number of aromatic nitrogens is 1. The molecule has 0 atom stereocenters. The summed E-state index contributed by atoms with van der Waals surface area (Å²) >= 11 is 0. The Labute approximate surface area is 93.3 Å². The Morgan fingerprint density at radius 1 is 1.38 bits per heavy atom. The number of hydrogen-bond acceptors (Lipinski definition) is 2. The SMILES string of the molecule is COc1ccc(F)c(NCc2ccc[nH]2)c1. The van der Waals surface area contributed by atoms with Crippen molar-refractivity contribution in [2.24, 2.45) is 0 Å². The molecular weight excluding hydrogens is 207 g/mol. The molecule has 0 spiro atoms. The number of benzene rings is 1. The molecule has 2 rings (SSSR count). The fourth-order valence-electron chi connectivity index (χ4n) is 1.43. The Morgan fingerprint density at radius 2 is 2.25 bits per heavy atom. The average Bonchev–Trinajstić information content (AvgIpc) is 2.81. The molecule has 0 radical (unpaired) electrons. The molecule has 4 heteroatoms. The van der Waals surface area contributed by atoms with Gasteiger partial charge in [0.15, 0.2) is 0 Å². The van der Waals surface area contributed by atoms with Crippen molar-refractivity contribution in [2.45, 2.75) is 6.54 Å². The Hall–Kier alpha value is -1.97. The first kappa shape index (κ1) is 10.5. The van der Waals surface area contributed by atoms with E-state index in [0.717, 1.165) is 5.69 Å². The van der Waals surface area contributed by atoms with E-state index in [0.29, 0.717) is 18.0 Å². The first-order valence-electron chi connectivity index (χ1n) is 4.99. The van der Waals surface area contributed by atoms with Crippen molar-refractivity contribution in [3.63, 3.8) is 0 Å². The monoisotopic (exact) mass is 220 g/mol. The van der Waals surface area contributed by atoms with Crippen molar-refractivity contribution in [3.05, 3.63) is 48.0 Å². The molecule has 2 aromatic rings. The zero-order valence-corrected chi connectivity index (χ0v) is 8.96. The Kier molecular flexibility index (Phi) is 3.10. The van der Waals surface area contributed by atoms with E-state index in [9.17, 15) is 4.39 Å². The van der Waals surface area contributed by atoms with Crippen molar-refractivity contribution in [3.8, 4) is 5.75 Å². The van der Waals surface area contributed by atoms with Gasteiger partial charge in [0, 0.05) is 18.0 Å². The van der Waals surface area contributed by atoms with Crippen LogP contribution in [0.4, 0.5) is 10.1 Å². The zero-order chi connectivity index (χ0) is 11.4. The number of hydrogen-bond donors (Lipinski definition) is 2. The summed E-state index contributed by atoms with van der Waals surface area (Å²) in [6.45, 7) is 0.553. The van der Waals surface area contributed by atoms with Crippen LogP contribution in [-0.4, -0.2) is 12.1 Å². The third kappa shape index (κ3) is 2.34. The molecule has 16 heavy (non-hydrogen) atoms.